The molecule has 0 bridgehead atoms. The molecule has 312 valence electrons. The molecular weight excluding hydrogens is 777 g/mol. The van der Waals surface area contributed by atoms with Crippen LogP contribution in [0.3, 0.4) is 0 Å². The van der Waals surface area contributed by atoms with Crippen LogP contribution in [-0.2, 0) is 28.9 Å². The van der Waals surface area contributed by atoms with Crippen LogP contribution >= 0.6 is 8.53 Å². The van der Waals surface area contributed by atoms with Gasteiger partial charge in [0.05, 0.1) is 46.5 Å². The van der Waals surface area contributed by atoms with Crippen molar-refractivity contribution >= 4 is 14.6 Å². The first-order chi connectivity index (χ1) is 28.5. The maximum Gasteiger partial charge on any atom is 0.408 e. The number of nitrogens with zero attached hydrogens (tertiary/aromatic N) is 3. The van der Waals surface area contributed by atoms with Gasteiger partial charge in [-0.15, -0.1) is 6.42 Å². The van der Waals surface area contributed by atoms with Crippen molar-refractivity contribution in [1.29, 1.82) is 5.26 Å². The van der Waals surface area contributed by atoms with Crippen LogP contribution in [0.4, 0.5) is 4.79 Å². The lowest BCUT2D eigenvalue weighted by molar-refractivity contribution is -0.0948. The summed E-state index contributed by atoms with van der Waals surface area (Å²) in [6, 6.07) is 27.7. The molecule has 1 fully saturated rings. The van der Waals surface area contributed by atoms with Crippen molar-refractivity contribution in [3.63, 3.8) is 0 Å². The molecule has 16 heteroatoms. The summed E-state index contributed by atoms with van der Waals surface area (Å²) in [6.45, 7) is 7.65. The van der Waals surface area contributed by atoms with Gasteiger partial charge >= 0.3 is 11.8 Å². The topological polar surface area (TPSA) is 176 Å². The Balaban J connectivity index is 1.70. The minimum absolute atomic E-state index is 0.0515. The van der Waals surface area contributed by atoms with E-state index in [2.05, 4.69) is 22.3 Å². The molecule has 0 saturated carbocycles. The largest absolute Gasteiger partial charge is 0.497 e. The average Bonchev–Trinajstić information content (AvgIpc) is 3.56. The molecule has 2 N–H and O–H groups in total. The second-order valence-electron chi connectivity index (χ2n) is 13.9. The lowest BCUT2D eigenvalue weighted by atomic mass is 9.80. The summed E-state index contributed by atoms with van der Waals surface area (Å²) in [6.07, 6.45) is 1.000. The summed E-state index contributed by atoms with van der Waals surface area (Å²) in [5.41, 5.74) is -0.480. The first-order valence-corrected chi connectivity index (χ1v) is 20.2. The number of benzene rings is 3. The number of hydrogen-bond acceptors (Lipinski definition) is 12. The number of H-pyrrole nitrogens is 1. The third-order valence-electron chi connectivity index (χ3n) is 9.50. The second-order valence-corrected chi connectivity index (χ2v) is 15.3. The van der Waals surface area contributed by atoms with E-state index < -0.39 is 56.0 Å². The fraction of sp³-hybridized carbons (Fsp3) is 0.395. The van der Waals surface area contributed by atoms with E-state index in [4.69, 9.17) is 39.2 Å². The van der Waals surface area contributed by atoms with Crippen molar-refractivity contribution in [2.45, 2.75) is 76.3 Å². The van der Waals surface area contributed by atoms with Crippen LogP contribution in [0.1, 0.15) is 57.0 Å². The fourth-order valence-electron chi connectivity index (χ4n) is 6.91. The highest BCUT2D eigenvalue weighted by Gasteiger charge is 2.53. The van der Waals surface area contributed by atoms with Gasteiger partial charge in [-0.05, 0) is 68.7 Å². The molecule has 2 heterocycles. The van der Waals surface area contributed by atoms with E-state index in [0.717, 1.165) is 27.3 Å². The predicted molar refractivity (Wildman–Crippen MR) is 221 cm³/mol. The number of carbonyl (C=O) groups is 1. The Morgan fingerprint density at radius 3 is 2.05 bits per heavy atom. The number of nitrogens with one attached hydrogen (secondary N) is 2. The molecule has 5 atom stereocenters. The fourth-order valence-corrected chi connectivity index (χ4v) is 8.68. The van der Waals surface area contributed by atoms with Gasteiger partial charge in [-0.25, -0.2) is 14.3 Å². The summed E-state index contributed by atoms with van der Waals surface area (Å²) in [5.74, 6) is 3.62. The smallest absolute Gasteiger partial charge is 0.408 e. The Hall–Kier alpha value is -5.51. The number of rotatable bonds is 19. The number of aromatic amines is 1. The highest BCUT2D eigenvalue weighted by Crippen LogP contribution is 2.51. The zero-order chi connectivity index (χ0) is 42.5. The molecule has 15 nitrogen and oxygen atoms in total. The van der Waals surface area contributed by atoms with Crippen LogP contribution in [0.25, 0.3) is 0 Å². The van der Waals surface area contributed by atoms with E-state index in [0.29, 0.717) is 11.5 Å². The van der Waals surface area contributed by atoms with Crippen LogP contribution in [0.2, 0.25) is 0 Å². The van der Waals surface area contributed by atoms with Crippen molar-refractivity contribution in [3.8, 4) is 29.9 Å². The van der Waals surface area contributed by atoms with Gasteiger partial charge in [-0.3, -0.25) is 14.3 Å². The third kappa shape index (κ3) is 10.6. The Bertz CT molecular complexity index is 2110. The molecule has 0 spiro atoms. The van der Waals surface area contributed by atoms with Gasteiger partial charge in [-0.2, -0.15) is 5.26 Å². The lowest BCUT2D eigenvalue weighted by Crippen LogP contribution is -2.45. The monoisotopic (exact) mass is 827 g/mol. The molecule has 1 saturated heterocycles. The average molecular weight is 828 g/mol. The SMILES string of the molecule is C#CCNC(=O)O[C@@H]1[C@H](OP(OCCC#N)N(C(C)C)C(C)C)[C@@H](COC(c2ccccc2)(c2ccc(OC)cc2)c2ccc(OC)cc2)O[C@H]1n1ccc(=O)[nH]c1=O. The van der Waals surface area contributed by atoms with Crippen LogP contribution in [0.5, 0.6) is 11.5 Å². The summed E-state index contributed by atoms with van der Waals surface area (Å²) >= 11 is 0. The van der Waals surface area contributed by atoms with Crippen molar-refractivity contribution < 1.29 is 37.5 Å². The molecule has 1 amide bonds. The van der Waals surface area contributed by atoms with Crippen molar-refractivity contribution in [3.05, 3.63) is 129 Å². The number of terminal acetylenes is 1. The highest BCUT2D eigenvalue weighted by atomic mass is 31.2. The lowest BCUT2D eigenvalue weighted by Gasteiger charge is -2.39. The van der Waals surface area contributed by atoms with E-state index in [9.17, 15) is 19.6 Å². The number of amides is 1. The minimum atomic E-state index is -1.97. The molecule has 5 rings (SSSR count). The third-order valence-corrected chi connectivity index (χ3v) is 11.6. The maximum absolute atomic E-state index is 13.4. The van der Waals surface area contributed by atoms with Crippen molar-refractivity contribution in [2.24, 2.45) is 0 Å². The summed E-state index contributed by atoms with van der Waals surface area (Å²) in [5, 5.41) is 11.9. The molecule has 1 unspecified atom stereocenters. The molecule has 4 aromatic rings. The Morgan fingerprint density at radius 1 is 0.932 bits per heavy atom. The Morgan fingerprint density at radius 2 is 1.53 bits per heavy atom. The summed E-state index contributed by atoms with van der Waals surface area (Å²) < 4.78 is 47.3. The second kappa shape index (κ2) is 21.0. The van der Waals surface area contributed by atoms with Crippen LogP contribution in [0.15, 0.2) is 101 Å². The quantitative estimate of drug-likeness (QED) is 0.0500. The zero-order valence-electron chi connectivity index (χ0n) is 33.9. The first kappa shape index (κ1) is 44.6. The van der Waals surface area contributed by atoms with E-state index >= 15 is 0 Å². The molecule has 0 radical (unpaired) electrons. The number of hydrogen-bond donors (Lipinski definition) is 2. The Kier molecular flexibility index (Phi) is 15.8. The van der Waals surface area contributed by atoms with Crippen molar-refractivity contribution in [2.75, 3.05) is 34.0 Å². The van der Waals surface area contributed by atoms with Gasteiger partial charge in [0.2, 0.25) is 0 Å². The van der Waals surface area contributed by atoms with Crippen molar-refractivity contribution in [1.82, 2.24) is 19.5 Å². The van der Waals surface area contributed by atoms with Gasteiger partial charge in [0.15, 0.2) is 12.3 Å². The number of ether oxygens (including phenoxy) is 5. The van der Waals surface area contributed by atoms with Crippen LogP contribution < -0.4 is 26.0 Å². The van der Waals surface area contributed by atoms with Crippen LogP contribution in [0, 0.1) is 23.7 Å². The number of methoxy groups -OCH3 is 2. The number of aromatic nitrogens is 2. The minimum Gasteiger partial charge on any atom is -0.497 e. The van der Waals surface area contributed by atoms with Crippen LogP contribution in [-0.4, -0.2) is 84.7 Å². The molecule has 59 heavy (non-hydrogen) atoms. The van der Waals surface area contributed by atoms with Gasteiger partial charge in [0.1, 0.15) is 29.3 Å². The first-order valence-electron chi connectivity index (χ1n) is 19.1. The standard InChI is InChI=1S/C43H50N5O10P/c1-8-25-45-42(51)57-39-38(58-59(55-27-12-24-44)48(29(2)3)30(4)5)36(56-40(39)47-26-23-37(49)46-41(47)50)28-54-43(31-13-10-9-11-14-31,32-15-19-34(52-6)20-16-32)33-17-21-35(53-7)22-18-33/h1,9-11,13-23,26,29-30,36,38-40H,12,25,27-28H2,2-7H3,(H,45,51)(H,46,49,50)/t36-,38-,39-,40-,59?/m1/s1. The Labute approximate surface area is 345 Å². The summed E-state index contributed by atoms with van der Waals surface area (Å²) in [4.78, 5) is 41.2. The maximum atomic E-state index is 13.4. The zero-order valence-corrected chi connectivity index (χ0v) is 34.8. The molecule has 1 aliphatic rings. The van der Waals surface area contributed by atoms with Gasteiger partial charge in [0.25, 0.3) is 14.1 Å². The molecule has 1 aromatic heterocycles. The number of nitriles is 1. The van der Waals surface area contributed by atoms with Gasteiger partial charge in [-0.1, -0.05) is 60.5 Å². The molecular formula is C43H50N5O10P. The predicted octanol–water partition coefficient (Wildman–Crippen LogP) is 5.85. The summed E-state index contributed by atoms with van der Waals surface area (Å²) in [7, 11) is 1.21. The highest BCUT2D eigenvalue weighted by molar-refractivity contribution is 7.44. The molecule has 0 aliphatic carbocycles. The van der Waals surface area contributed by atoms with Gasteiger partial charge < -0.3 is 38.0 Å². The molecule has 3 aromatic carbocycles. The van der Waals surface area contributed by atoms with E-state index in [1.165, 1.54) is 6.20 Å². The van der Waals surface area contributed by atoms with E-state index in [-0.39, 0.29) is 38.3 Å². The normalized spacial score (nSPS) is 18.3. The van der Waals surface area contributed by atoms with Gasteiger partial charge in [0, 0.05) is 24.3 Å². The number of carbonyl (C=O) groups excluding carboxylic acids is 1. The van der Waals surface area contributed by atoms with E-state index in [1.807, 2.05) is 111 Å². The number of alkyl carbamates (subject to hydrolysis) is 1. The molecule has 1 aliphatic heterocycles. The van der Waals surface area contributed by atoms with E-state index in [1.54, 1.807) is 14.2 Å².